The van der Waals surface area contributed by atoms with Crippen LogP contribution >= 0.6 is 0 Å². The van der Waals surface area contributed by atoms with E-state index in [9.17, 15) is 18.0 Å². The van der Waals surface area contributed by atoms with Gasteiger partial charge in [0.2, 0.25) is 0 Å². The molecule has 128 valence electrons. The summed E-state index contributed by atoms with van der Waals surface area (Å²) < 4.78 is 42.9. The monoisotopic (exact) mass is 330 g/mol. The SMILES string of the molecule is CC(C)(C)OC(=O)N[C@@H]1CCN(c2ccc(C(F)(F)F)cc2)C1. The quantitative estimate of drug-likeness (QED) is 0.896. The maximum absolute atomic E-state index is 12.6. The maximum Gasteiger partial charge on any atom is 0.416 e. The first-order valence-corrected chi connectivity index (χ1v) is 7.46. The highest BCUT2D eigenvalue weighted by atomic mass is 19.4. The molecule has 0 saturated carbocycles. The topological polar surface area (TPSA) is 41.6 Å². The third-order valence-corrected chi connectivity index (χ3v) is 3.47. The van der Waals surface area contributed by atoms with Crippen LogP contribution in [0.25, 0.3) is 0 Å². The zero-order chi connectivity index (χ0) is 17.3. The van der Waals surface area contributed by atoms with Crippen molar-refractivity contribution in [1.82, 2.24) is 5.32 Å². The predicted octanol–water partition coefficient (Wildman–Crippen LogP) is 3.81. The molecule has 1 amide bonds. The average molecular weight is 330 g/mol. The Labute approximate surface area is 133 Å². The van der Waals surface area contributed by atoms with Crippen molar-refractivity contribution in [2.75, 3.05) is 18.0 Å². The average Bonchev–Trinajstić information content (AvgIpc) is 2.84. The van der Waals surface area contributed by atoms with Crippen LogP contribution in [-0.4, -0.2) is 30.8 Å². The number of nitrogens with zero attached hydrogens (tertiary/aromatic N) is 1. The Hall–Kier alpha value is -1.92. The summed E-state index contributed by atoms with van der Waals surface area (Å²) in [4.78, 5) is 13.7. The van der Waals surface area contributed by atoms with Crippen molar-refractivity contribution in [3.05, 3.63) is 29.8 Å². The summed E-state index contributed by atoms with van der Waals surface area (Å²) in [6.45, 7) is 6.58. The largest absolute Gasteiger partial charge is 0.444 e. The summed E-state index contributed by atoms with van der Waals surface area (Å²) >= 11 is 0. The molecular weight excluding hydrogens is 309 g/mol. The molecule has 1 N–H and O–H groups in total. The minimum absolute atomic E-state index is 0.0767. The first-order valence-electron chi connectivity index (χ1n) is 7.46. The van der Waals surface area contributed by atoms with Gasteiger partial charge in [0.05, 0.1) is 11.6 Å². The van der Waals surface area contributed by atoms with E-state index in [1.165, 1.54) is 12.1 Å². The number of alkyl halides is 3. The molecule has 0 radical (unpaired) electrons. The second-order valence-corrected chi connectivity index (χ2v) is 6.62. The number of nitrogens with one attached hydrogen (secondary N) is 1. The third-order valence-electron chi connectivity index (χ3n) is 3.47. The van der Waals surface area contributed by atoms with Crippen molar-refractivity contribution in [1.29, 1.82) is 0 Å². The normalized spacial score (nSPS) is 18.9. The Bertz CT molecular complexity index is 550. The van der Waals surface area contributed by atoms with Gasteiger partial charge in [-0.2, -0.15) is 13.2 Å². The fraction of sp³-hybridized carbons (Fsp3) is 0.562. The van der Waals surface area contributed by atoms with E-state index in [4.69, 9.17) is 4.74 Å². The Kier molecular flexibility index (Phi) is 4.77. The lowest BCUT2D eigenvalue weighted by molar-refractivity contribution is -0.137. The lowest BCUT2D eigenvalue weighted by Gasteiger charge is -2.22. The number of alkyl carbamates (subject to hydrolysis) is 1. The van der Waals surface area contributed by atoms with Crippen molar-refractivity contribution in [2.45, 2.75) is 45.0 Å². The summed E-state index contributed by atoms with van der Waals surface area (Å²) in [6, 6.07) is 4.98. The van der Waals surface area contributed by atoms with Gasteiger partial charge in [-0.25, -0.2) is 4.79 Å². The van der Waals surface area contributed by atoms with Crippen LogP contribution in [0, 0.1) is 0 Å². The first kappa shape index (κ1) is 17.4. The van der Waals surface area contributed by atoms with Gasteiger partial charge in [0.15, 0.2) is 0 Å². The van der Waals surface area contributed by atoms with E-state index in [0.717, 1.165) is 18.6 Å². The molecule has 1 atom stereocenters. The van der Waals surface area contributed by atoms with Gasteiger partial charge in [0.25, 0.3) is 0 Å². The van der Waals surface area contributed by atoms with Crippen LogP contribution in [0.2, 0.25) is 0 Å². The van der Waals surface area contributed by atoms with Crippen LogP contribution in [0.1, 0.15) is 32.8 Å². The number of halogens is 3. The van der Waals surface area contributed by atoms with E-state index < -0.39 is 23.4 Å². The number of amides is 1. The van der Waals surface area contributed by atoms with E-state index in [0.29, 0.717) is 18.8 Å². The number of benzene rings is 1. The van der Waals surface area contributed by atoms with Crippen LogP contribution in [0.3, 0.4) is 0 Å². The maximum atomic E-state index is 12.6. The van der Waals surface area contributed by atoms with Gasteiger partial charge < -0.3 is 15.0 Å². The van der Waals surface area contributed by atoms with E-state index in [1.807, 2.05) is 4.90 Å². The molecule has 1 aromatic rings. The van der Waals surface area contributed by atoms with Gasteiger partial charge in [-0.3, -0.25) is 0 Å². The summed E-state index contributed by atoms with van der Waals surface area (Å²) in [5, 5.41) is 2.79. The standard InChI is InChI=1S/C16H21F3N2O2/c1-15(2,3)23-14(22)20-12-8-9-21(10-12)13-6-4-11(5-7-13)16(17,18)19/h4-7,12H,8-10H2,1-3H3,(H,20,22)/t12-/m1/s1. The number of carbonyl (C=O) groups excluding carboxylic acids is 1. The molecule has 1 aliphatic rings. The molecular formula is C16H21F3N2O2. The molecule has 2 rings (SSSR count). The second kappa shape index (κ2) is 6.29. The summed E-state index contributed by atoms with van der Waals surface area (Å²) in [5.41, 5.74) is -0.508. The Morgan fingerprint density at radius 3 is 2.35 bits per heavy atom. The molecule has 1 saturated heterocycles. The molecule has 0 aromatic heterocycles. The highest BCUT2D eigenvalue weighted by Crippen LogP contribution is 2.31. The van der Waals surface area contributed by atoms with Crippen molar-refractivity contribution in [2.24, 2.45) is 0 Å². The van der Waals surface area contributed by atoms with Crippen LogP contribution in [0.15, 0.2) is 24.3 Å². The molecule has 1 aromatic carbocycles. The number of rotatable bonds is 2. The lowest BCUT2D eigenvalue weighted by Crippen LogP contribution is -2.40. The van der Waals surface area contributed by atoms with Gasteiger partial charge in [-0.1, -0.05) is 0 Å². The van der Waals surface area contributed by atoms with Crippen molar-refractivity contribution >= 4 is 11.8 Å². The van der Waals surface area contributed by atoms with E-state index in [1.54, 1.807) is 20.8 Å². The number of carbonyl (C=O) groups is 1. The minimum Gasteiger partial charge on any atom is -0.444 e. The highest BCUT2D eigenvalue weighted by molar-refractivity contribution is 5.68. The molecule has 0 spiro atoms. The smallest absolute Gasteiger partial charge is 0.416 e. The first-order chi connectivity index (χ1) is 10.5. The third kappa shape index (κ3) is 5.04. The number of anilines is 1. The summed E-state index contributed by atoms with van der Waals surface area (Å²) in [6.07, 6.45) is -4.08. The number of hydrogen-bond donors (Lipinski definition) is 1. The molecule has 1 aliphatic heterocycles. The predicted molar refractivity (Wildman–Crippen MR) is 81.4 cm³/mol. The van der Waals surface area contributed by atoms with Crippen molar-refractivity contribution < 1.29 is 22.7 Å². The summed E-state index contributed by atoms with van der Waals surface area (Å²) in [7, 11) is 0. The van der Waals surface area contributed by atoms with E-state index >= 15 is 0 Å². The molecule has 4 nitrogen and oxygen atoms in total. The van der Waals surface area contributed by atoms with Gasteiger partial charge in [0.1, 0.15) is 5.60 Å². The molecule has 1 heterocycles. The number of hydrogen-bond acceptors (Lipinski definition) is 3. The fourth-order valence-corrected chi connectivity index (χ4v) is 2.45. The van der Waals surface area contributed by atoms with E-state index in [2.05, 4.69) is 5.32 Å². The van der Waals surface area contributed by atoms with Gasteiger partial charge >= 0.3 is 12.3 Å². The van der Waals surface area contributed by atoms with Crippen molar-refractivity contribution in [3.8, 4) is 0 Å². The van der Waals surface area contributed by atoms with Crippen molar-refractivity contribution in [3.63, 3.8) is 0 Å². The van der Waals surface area contributed by atoms with Gasteiger partial charge in [-0.05, 0) is 51.5 Å². The minimum atomic E-state index is -4.33. The molecule has 23 heavy (non-hydrogen) atoms. The molecule has 7 heteroatoms. The zero-order valence-electron chi connectivity index (χ0n) is 13.4. The zero-order valence-corrected chi connectivity index (χ0v) is 13.4. The number of ether oxygens (including phenoxy) is 1. The molecule has 0 bridgehead atoms. The summed E-state index contributed by atoms with van der Waals surface area (Å²) in [5.74, 6) is 0. The van der Waals surface area contributed by atoms with Crippen LogP contribution in [0.4, 0.5) is 23.7 Å². The van der Waals surface area contributed by atoms with Gasteiger partial charge in [0, 0.05) is 18.8 Å². The van der Waals surface area contributed by atoms with Crippen LogP contribution in [-0.2, 0) is 10.9 Å². The second-order valence-electron chi connectivity index (χ2n) is 6.62. The molecule has 0 unspecified atom stereocenters. The highest BCUT2D eigenvalue weighted by Gasteiger charge is 2.31. The van der Waals surface area contributed by atoms with Gasteiger partial charge in [-0.15, -0.1) is 0 Å². The van der Waals surface area contributed by atoms with Crippen LogP contribution < -0.4 is 10.2 Å². The molecule has 1 fully saturated rings. The fourth-order valence-electron chi connectivity index (χ4n) is 2.45. The molecule has 0 aliphatic carbocycles. The Morgan fingerprint density at radius 2 is 1.83 bits per heavy atom. The lowest BCUT2D eigenvalue weighted by atomic mass is 10.2. The van der Waals surface area contributed by atoms with Crippen LogP contribution in [0.5, 0.6) is 0 Å². The Morgan fingerprint density at radius 1 is 1.22 bits per heavy atom. The Balaban J connectivity index is 1.91. The van der Waals surface area contributed by atoms with E-state index in [-0.39, 0.29) is 6.04 Å².